The normalized spacial score (nSPS) is 45.5. The van der Waals surface area contributed by atoms with Gasteiger partial charge in [0.1, 0.15) is 0 Å². The summed E-state index contributed by atoms with van der Waals surface area (Å²) in [6.07, 6.45) is 9.20. The van der Waals surface area contributed by atoms with Gasteiger partial charge in [-0.25, -0.2) is 0 Å². The van der Waals surface area contributed by atoms with E-state index >= 15 is 0 Å². The molecule has 0 amide bonds. The molecule has 4 atom stereocenters. The lowest BCUT2D eigenvalue weighted by molar-refractivity contribution is 0.238. The summed E-state index contributed by atoms with van der Waals surface area (Å²) in [6, 6.07) is 0.885. The standard InChI is InChI=1S/C12H21N/c1-13-12(9-4-5-9)11-7-8-2-3-10(11)6-8/h8-13H,2-7H2,1H3. The van der Waals surface area contributed by atoms with Crippen molar-refractivity contribution in [2.45, 2.75) is 44.6 Å². The van der Waals surface area contributed by atoms with Crippen LogP contribution in [0.4, 0.5) is 0 Å². The summed E-state index contributed by atoms with van der Waals surface area (Å²) in [7, 11) is 2.18. The Bertz CT molecular complexity index is 197. The molecule has 3 aliphatic rings. The summed E-state index contributed by atoms with van der Waals surface area (Å²) in [6.45, 7) is 0. The number of nitrogens with one attached hydrogen (secondary N) is 1. The third kappa shape index (κ3) is 1.32. The topological polar surface area (TPSA) is 12.0 Å². The third-order valence-corrected chi connectivity index (χ3v) is 4.72. The van der Waals surface area contributed by atoms with Gasteiger partial charge in [0, 0.05) is 6.04 Å². The van der Waals surface area contributed by atoms with Crippen molar-refractivity contribution < 1.29 is 0 Å². The second-order valence-corrected chi connectivity index (χ2v) is 5.49. The second-order valence-electron chi connectivity index (χ2n) is 5.49. The predicted octanol–water partition coefficient (Wildman–Crippen LogP) is 2.42. The molecule has 0 saturated heterocycles. The number of hydrogen-bond donors (Lipinski definition) is 1. The van der Waals surface area contributed by atoms with Gasteiger partial charge >= 0.3 is 0 Å². The largest absolute Gasteiger partial charge is 0.316 e. The van der Waals surface area contributed by atoms with E-state index in [0.29, 0.717) is 0 Å². The van der Waals surface area contributed by atoms with Crippen LogP contribution < -0.4 is 5.32 Å². The Morgan fingerprint density at radius 2 is 1.92 bits per heavy atom. The molecule has 0 radical (unpaired) electrons. The van der Waals surface area contributed by atoms with Crippen molar-refractivity contribution >= 4 is 0 Å². The number of rotatable bonds is 3. The molecule has 3 aliphatic carbocycles. The van der Waals surface area contributed by atoms with E-state index in [1.165, 1.54) is 12.8 Å². The van der Waals surface area contributed by atoms with Gasteiger partial charge < -0.3 is 5.32 Å². The predicted molar refractivity (Wildman–Crippen MR) is 54.5 cm³/mol. The van der Waals surface area contributed by atoms with Crippen molar-refractivity contribution in [3.63, 3.8) is 0 Å². The molecule has 0 spiro atoms. The number of hydrogen-bond acceptors (Lipinski definition) is 1. The quantitative estimate of drug-likeness (QED) is 0.701. The molecule has 0 heterocycles. The van der Waals surface area contributed by atoms with Crippen molar-refractivity contribution in [3.8, 4) is 0 Å². The molecular formula is C12H21N. The third-order valence-electron chi connectivity index (χ3n) is 4.72. The highest BCUT2D eigenvalue weighted by Gasteiger charge is 2.46. The average molecular weight is 179 g/mol. The fraction of sp³-hybridized carbons (Fsp3) is 1.00. The molecule has 4 unspecified atom stereocenters. The summed E-state index contributed by atoms with van der Waals surface area (Å²) in [5.41, 5.74) is 0. The maximum atomic E-state index is 3.59. The first-order valence-corrected chi connectivity index (χ1v) is 6.05. The fourth-order valence-corrected chi connectivity index (χ4v) is 3.99. The Morgan fingerprint density at radius 1 is 1.08 bits per heavy atom. The zero-order valence-electron chi connectivity index (χ0n) is 8.63. The van der Waals surface area contributed by atoms with Crippen molar-refractivity contribution in [3.05, 3.63) is 0 Å². The number of fused-ring (bicyclic) bond motifs is 2. The Morgan fingerprint density at radius 3 is 2.38 bits per heavy atom. The molecule has 2 bridgehead atoms. The molecular weight excluding hydrogens is 158 g/mol. The van der Waals surface area contributed by atoms with E-state index in [9.17, 15) is 0 Å². The van der Waals surface area contributed by atoms with E-state index < -0.39 is 0 Å². The second kappa shape index (κ2) is 2.98. The molecule has 0 aromatic rings. The van der Waals surface area contributed by atoms with Crippen LogP contribution in [-0.2, 0) is 0 Å². The van der Waals surface area contributed by atoms with Crippen molar-refractivity contribution in [2.75, 3.05) is 7.05 Å². The van der Waals surface area contributed by atoms with Crippen molar-refractivity contribution in [1.82, 2.24) is 5.32 Å². The summed E-state index contributed by atoms with van der Waals surface area (Å²) in [5.74, 6) is 4.32. The Balaban J connectivity index is 1.69. The van der Waals surface area contributed by atoms with Crippen LogP contribution in [0.2, 0.25) is 0 Å². The van der Waals surface area contributed by atoms with Crippen LogP contribution in [0, 0.1) is 23.7 Å². The van der Waals surface area contributed by atoms with Gasteiger partial charge in [-0.3, -0.25) is 0 Å². The molecule has 0 aliphatic heterocycles. The smallest absolute Gasteiger partial charge is 0.0123 e. The van der Waals surface area contributed by atoms with E-state index in [0.717, 1.165) is 29.7 Å². The SMILES string of the molecule is CNC(C1CC1)C1CC2CCC1C2. The minimum absolute atomic E-state index is 0.885. The van der Waals surface area contributed by atoms with Gasteiger partial charge in [-0.1, -0.05) is 6.42 Å². The average Bonchev–Trinajstić information content (AvgIpc) is 2.77. The van der Waals surface area contributed by atoms with Crippen LogP contribution in [0.15, 0.2) is 0 Å². The summed E-state index contributed by atoms with van der Waals surface area (Å²) < 4.78 is 0. The van der Waals surface area contributed by atoms with Crippen LogP contribution >= 0.6 is 0 Å². The van der Waals surface area contributed by atoms with Gasteiger partial charge in [-0.2, -0.15) is 0 Å². The minimum atomic E-state index is 0.885. The highest BCUT2D eigenvalue weighted by molar-refractivity contribution is 4.99. The maximum absolute atomic E-state index is 3.59. The monoisotopic (exact) mass is 179 g/mol. The zero-order chi connectivity index (χ0) is 8.84. The van der Waals surface area contributed by atoms with E-state index in [-0.39, 0.29) is 0 Å². The van der Waals surface area contributed by atoms with Crippen LogP contribution in [0.1, 0.15) is 38.5 Å². The lowest BCUT2D eigenvalue weighted by Crippen LogP contribution is -2.38. The van der Waals surface area contributed by atoms with Crippen LogP contribution in [0.5, 0.6) is 0 Å². The molecule has 13 heavy (non-hydrogen) atoms. The maximum Gasteiger partial charge on any atom is 0.0123 e. The minimum Gasteiger partial charge on any atom is -0.316 e. The van der Waals surface area contributed by atoms with E-state index in [1.807, 2.05) is 0 Å². The fourth-order valence-electron chi connectivity index (χ4n) is 3.99. The van der Waals surface area contributed by atoms with Gasteiger partial charge in [0.05, 0.1) is 0 Å². The Kier molecular flexibility index (Phi) is 1.90. The first-order chi connectivity index (χ1) is 6.38. The van der Waals surface area contributed by atoms with Crippen LogP contribution in [-0.4, -0.2) is 13.1 Å². The first-order valence-electron chi connectivity index (χ1n) is 6.05. The van der Waals surface area contributed by atoms with Crippen molar-refractivity contribution in [1.29, 1.82) is 0 Å². The van der Waals surface area contributed by atoms with Crippen LogP contribution in [0.25, 0.3) is 0 Å². The lowest BCUT2D eigenvalue weighted by Gasteiger charge is -2.30. The van der Waals surface area contributed by atoms with Gasteiger partial charge in [0.2, 0.25) is 0 Å². The van der Waals surface area contributed by atoms with Gasteiger partial charge in [0.15, 0.2) is 0 Å². The molecule has 74 valence electrons. The molecule has 3 rings (SSSR count). The summed E-state index contributed by atoms with van der Waals surface area (Å²) in [5, 5.41) is 3.59. The lowest BCUT2D eigenvalue weighted by atomic mass is 9.81. The molecule has 3 saturated carbocycles. The first kappa shape index (κ1) is 8.28. The highest BCUT2D eigenvalue weighted by Crippen LogP contribution is 2.52. The van der Waals surface area contributed by atoms with Gasteiger partial charge in [0.25, 0.3) is 0 Å². The van der Waals surface area contributed by atoms with Crippen LogP contribution in [0.3, 0.4) is 0 Å². The Hall–Kier alpha value is -0.0400. The van der Waals surface area contributed by atoms with Gasteiger partial charge in [-0.05, 0) is 62.8 Å². The van der Waals surface area contributed by atoms with E-state index in [2.05, 4.69) is 12.4 Å². The molecule has 1 nitrogen and oxygen atoms in total. The molecule has 0 aromatic heterocycles. The molecule has 1 N–H and O–H groups in total. The highest BCUT2D eigenvalue weighted by atomic mass is 14.9. The summed E-state index contributed by atoms with van der Waals surface area (Å²) >= 11 is 0. The molecule has 1 heteroatoms. The van der Waals surface area contributed by atoms with Gasteiger partial charge in [-0.15, -0.1) is 0 Å². The molecule has 0 aromatic carbocycles. The zero-order valence-corrected chi connectivity index (χ0v) is 8.63. The van der Waals surface area contributed by atoms with E-state index in [1.54, 1.807) is 25.7 Å². The van der Waals surface area contributed by atoms with Crippen molar-refractivity contribution in [2.24, 2.45) is 23.7 Å². The summed E-state index contributed by atoms with van der Waals surface area (Å²) in [4.78, 5) is 0. The Labute approximate surface area is 81.3 Å². The molecule has 3 fully saturated rings. The van der Waals surface area contributed by atoms with E-state index in [4.69, 9.17) is 0 Å².